The van der Waals surface area contributed by atoms with E-state index in [1.807, 2.05) is 24.4 Å². The third kappa shape index (κ3) is 4.18. The number of carbonyl (C=O) groups is 3. The number of Topliss-reactive ketones (excluding diaryl/α,β-unsaturated/α-hetero) is 1. The number of allylic oxidation sites excluding steroid dienone is 2. The largest absolute Gasteiger partial charge is 0.478 e. The summed E-state index contributed by atoms with van der Waals surface area (Å²) in [4.78, 5) is 43.9. The quantitative estimate of drug-likeness (QED) is 0.571. The first-order chi connectivity index (χ1) is 17.0. The number of imidazole rings is 1. The van der Waals surface area contributed by atoms with Crippen molar-refractivity contribution >= 4 is 28.8 Å². The van der Waals surface area contributed by atoms with Gasteiger partial charge in [-0.3, -0.25) is 9.59 Å². The number of likely N-dealkylation sites (tertiary alicyclic amines) is 1. The van der Waals surface area contributed by atoms with E-state index >= 15 is 0 Å². The molecule has 0 radical (unpaired) electrons. The summed E-state index contributed by atoms with van der Waals surface area (Å²) in [5.41, 5.74) is 4.65. The zero-order valence-electron chi connectivity index (χ0n) is 19.6. The van der Waals surface area contributed by atoms with Gasteiger partial charge in [0.1, 0.15) is 5.78 Å². The monoisotopic (exact) mass is 469 g/mol. The number of carboxylic acids is 1. The van der Waals surface area contributed by atoms with Gasteiger partial charge in [-0.2, -0.15) is 0 Å². The highest BCUT2D eigenvalue weighted by atomic mass is 16.4. The van der Waals surface area contributed by atoms with Crippen molar-refractivity contribution in [1.82, 2.24) is 14.5 Å². The molecule has 1 fully saturated rings. The van der Waals surface area contributed by atoms with E-state index in [0.717, 1.165) is 22.4 Å². The number of aromatic carboxylic acids is 1. The molecule has 1 N–H and O–H groups in total. The van der Waals surface area contributed by atoms with Gasteiger partial charge in [0.15, 0.2) is 0 Å². The van der Waals surface area contributed by atoms with Crippen LogP contribution in [0.15, 0.2) is 67.1 Å². The van der Waals surface area contributed by atoms with Gasteiger partial charge in [-0.05, 0) is 48.6 Å². The Labute approximate surface area is 203 Å². The standard InChI is InChI=1S/C28H27N3O4/c1-18-24-16-29-17-31(24)23(26(18)20-7-3-2-4-8-20)15-25(32)19-11-13-30(14-12-19)27(33)21-9-5-6-10-22(21)28(34)35/h2-10,16-17,19,23H,11-15H2,1H3,(H,34,35). The number of benzene rings is 2. The molecule has 2 aliphatic heterocycles. The third-order valence-corrected chi connectivity index (χ3v) is 7.23. The third-order valence-electron chi connectivity index (χ3n) is 7.23. The van der Waals surface area contributed by atoms with Gasteiger partial charge in [0.2, 0.25) is 0 Å². The van der Waals surface area contributed by atoms with Crippen molar-refractivity contribution in [3.8, 4) is 0 Å². The van der Waals surface area contributed by atoms with Crippen LogP contribution in [-0.4, -0.2) is 50.3 Å². The lowest BCUT2D eigenvalue weighted by Crippen LogP contribution is -2.41. The van der Waals surface area contributed by atoms with Crippen molar-refractivity contribution in [3.05, 3.63) is 89.5 Å². The van der Waals surface area contributed by atoms with Crippen LogP contribution in [0.1, 0.15) is 64.2 Å². The summed E-state index contributed by atoms with van der Waals surface area (Å²) >= 11 is 0. The molecule has 1 saturated heterocycles. The molecule has 7 nitrogen and oxygen atoms in total. The average molecular weight is 470 g/mol. The summed E-state index contributed by atoms with van der Waals surface area (Å²) in [6, 6.07) is 16.3. The summed E-state index contributed by atoms with van der Waals surface area (Å²) in [5.74, 6) is -1.35. The molecule has 0 spiro atoms. The molecule has 1 unspecified atom stereocenters. The summed E-state index contributed by atoms with van der Waals surface area (Å²) in [6.45, 7) is 2.95. The van der Waals surface area contributed by atoms with Crippen LogP contribution in [0.25, 0.3) is 11.1 Å². The number of nitrogens with zero attached hydrogens (tertiary/aromatic N) is 3. The van der Waals surface area contributed by atoms with Crippen LogP contribution in [0.3, 0.4) is 0 Å². The first-order valence-electron chi connectivity index (χ1n) is 11.9. The molecule has 3 heterocycles. The van der Waals surface area contributed by atoms with Crippen LogP contribution < -0.4 is 0 Å². The van der Waals surface area contributed by atoms with E-state index in [4.69, 9.17) is 0 Å². The highest BCUT2D eigenvalue weighted by Crippen LogP contribution is 2.44. The van der Waals surface area contributed by atoms with Crippen LogP contribution in [0.4, 0.5) is 0 Å². The molecule has 3 aromatic rings. The van der Waals surface area contributed by atoms with Crippen molar-refractivity contribution in [2.45, 2.75) is 32.2 Å². The Balaban J connectivity index is 1.28. The molecule has 2 aromatic carbocycles. The zero-order chi connectivity index (χ0) is 24.5. The maximum absolute atomic E-state index is 13.4. The van der Waals surface area contributed by atoms with E-state index < -0.39 is 5.97 Å². The Kier molecular flexibility index (Phi) is 6.07. The number of rotatable bonds is 6. The number of fused-ring (bicyclic) bond motifs is 1. The maximum Gasteiger partial charge on any atom is 0.336 e. The van der Waals surface area contributed by atoms with Crippen LogP contribution in [0, 0.1) is 5.92 Å². The normalized spacial score (nSPS) is 18.0. The second kappa shape index (κ2) is 9.33. The van der Waals surface area contributed by atoms with Crippen LogP contribution >= 0.6 is 0 Å². The minimum Gasteiger partial charge on any atom is -0.478 e. The van der Waals surface area contributed by atoms with E-state index in [0.29, 0.717) is 32.4 Å². The number of carboxylic acid groups (broad SMARTS) is 1. The summed E-state index contributed by atoms with van der Waals surface area (Å²) in [5, 5.41) is 9.41. The number of hydrogen-bond acceptors (Lipinski definition) is 4. The Morgan fingerprint density at radius 3 is 2.31 bits per heavy atom. The lowest BCUT2D eigenvalue weighted by atomic mass is 9.86. The van der Waals surface area contributed by atoms with Gasteiger partial charge in [0.05, 0.1) is 35.4 Å². The first-order valence-corrected chi connectivity index (χ1v) is 11.9. The highest BCUT2D eigenvalue weighted by molar-refractivity contribution is 6.05. The van der Waals surface area contributed by atoms with Crippen molar-refractivity contribution in [2.24, 2.45) is 5.92 Å². The Morgan fingerprint density at radius 2 is 1.63 bits per heavy atom. The van der Waals surface area contributed by atoms with Crippen LogP contribution in [0.5, 0.6) is 0 Å². The van der Waals surface area contributed by atoms with Gasteiger partial charge in [-0.25, -0.2) is 9.78 Å². The topological polar surface area (TPSA) is 92.5 Å². The fraction of sp³-hybridized carbons (Fsp3) is 0.286. The average Bonchev–Trinajstić information content (AvgIpc) is 3.47. The van der Waals surface area contributed by atoms with Crippen LogP contribution in [0.2, 0.25) is 0 Å². The number of piperidine rings is 1. The number of aromatic nitrogens is 2. The zero-order valence-corrected chi connectivity index (χ0v) is 19.6. The second-order valence-electron chi connectivity index (χ2n) is 9.19. The smallest absolute Gasteiger partial charge is 0.336 e. The fourth-order valence-corrected chi connectivity index (χ4v) is 5.39. The van der Waals surface area contributed by atoms with Crippen molar-refractivity contribution in [3.63, 3.8) is 0 Å². The Morgan fingerprint density at radius 1 is 0.971 bits per heavy atom. The molecule has 1 amide bonds. The molecule has 0 aliphatic carbocycles. The Bertz CT molecular complexity index is 1320. The van der Waals surface area contributed by atoms with E-state index in [9.17, 15) is 19.5 Å². The molecular weight excluding hydrogens is 442 g/mol. The van der Waals surface area contributed by atoms with Gasteiger partial charge >= 0.3 is 5.97 Å². The lowest BCUT2D eigenvalue weighted by Gasteiger charge is -2.32. The van der Waals surface area contributed by atoms with Crippen molar-refractivity contribution < 1.29 is 19.5 Å². The van der Waals surface area contributed by atoms with Gasteiger partial charge < -0.3 is 14.6 Å². The van der Waals surface area contributed by atoms with Crippen molar-refractivity contribution in [2.75, 3.05) is 13.1 Å². The maximum atomic E-state index is 13.4. The van der Waals surface area contributed by atoms with E-state index in [1.54, 1.807) is 29.4 Å². The first kappa shape index (κ1) is 22.8. The molecule has 0 bridgehead atoms. The van der Waals surface area contributed by atoms with E-state index in [1.165, 1.54) is 6.07 Å². The number of carbonyl (C=O) groups excluding carboxylic acids is 2. The number of amides is 1. The molecule has 0 saturated carbocycles. The predicted molar refractivity (Wildman–Crippen MR) is 132 cm³/mol. The van der Waals surface area contributed by atoms with Gasteiger partial charge in [-0.1, -0.05) is 42.5 Å². The number of hydrogen-bond donors (Lipinski definition) is 1. The lowest BCUT2D eigenvalue weighted by molar-refractivity contribution is -0.124. The van der Waals surface area contributed by atoms with Crippen molar-refractivity contribution in [1.29, 1.82) is 0 Å². The number of ketones is 1. The molecule has 35 heavy (non-hydrogen) atoms. The van der Waals surface area contributed by atoms with Gasteiger partial charge in [0, 0.05) is 25.4 Å². The van der Waals surface area contributed by atoms with E-state index in [2.05, 4.69) is 28.6 Å². The molecule has 5 rings (SSSR count). The molecule has 1 aromatic heterocycles. The molecule has 1 atom stereocenters. The summed E-state index contributed by atoms with van der Waals surface area (Å²) in [7, 11) is 0. The molecule has 7 heteroatoms. The summed E-state index contributed by atoms with van der Waals surface area (Å²) < 4.78 is 2.09. The predicted octanol–water partition coefficient (Wildman–Crippen LogP) is 4.58. The molecule has 2 aliphatic rings. The van der Waals surface area contributed by atoms with Crippen LogP contribution in [-0.2, 0) is 4.79 Å². The highest BCUT2D eigenvalue weighted by Gasteiger charge is 2.35. The SMILES string of the molecule is CC1=C(c2ccccc2)C(CC(=O)C2CCN(C(=O)c3ccccc3C(=O)O)CC2)n2cncc21. The van der Waals surface area contributed by atoms with Gasteiger partial charge in [0.25, 0.3) is 5.91 Å². The van der Waals surface area contributed by atoms with Gasteiger partial charge in [-0.15, -0.1) is 0 Å². The second-order valence-corrected chi connectivity index (χ2v) is 9.19. The molecular formula is C28H27N3O4. The minimum atomic E-state index is -1.12. The summed E-state index contributed by atoms with van der Waals surface area (Å²) in [6.07, 6.45) is 5.18. The Hall–Kier alpha value is -4.00. The van der Waals surface area contributed by atoms with E-state index in [-0.39, 0.29) is 34.8 Å². The fourth-order valence-electron chi connectivity index (χ4n) is 5.39. The molecule has 178 valence electrons. The minimum absolute atomic E-state index is 0.00340.